The van der Waals surface area contributed by atoms with Crippen LogP contribution in [0.3, 0.4) is 0 Å². The minimum absolute atomic E-state index is 0.152. The Hall–Kier alpha value is -2.66. The van der Waals surface area contributed by atoms with Gasteiger partial charge in [-0.25, -0.2) is 9.80 Å². The van der Waals surface area contributed by atoms with E-state index in [4.69, 9.17) is 16.3 Å². The molecule has 0 aromatic heterocycles. The Morgan fingerprint density at radius 2 is 1.84 bits per heavy atom. The molecule has 3 rings (SSSR count). The minimum atomic E-state index is -0.478. The Bertz CT molecular complexity index is 846. The van der Waals surface area contributed by atoms with Gasteiger partial charge in [-0.2, -0.15) is 5.10 Å². The molecule has 1 atom stereocenters. The van der Waals surface area contributed by atoms with Crippen LogP contribution in [0.2, 0.25) is 5.02 Å². The summed E-state index contributed by atoms with van der Waals surface area (Å²) in [5.74, 6) is -0.210. The van der Waals surface area contributed by atoms with Crippen molar-refractivity contribution in [2.75, 3.05) is 0 Å². The van der Waals surface area contributed by atoms with Crippen molar-refractivity contribution in [3.8, 4) is 5.75 Å². The molecule has 1 aliphatic heterocycles. The molecular formula is C19H17ClN2O3. The van der Waals surface area contributed by atoms with E-state index in [9.17, 15) is 9.59 Å². The van der Waals surface area contributed by atoms with E-state index in [0.717, 1.165) is 11.3 Å². The van der Waals surface area contributed by atoms with Crippen LogP contribution in [0.1, 0.15) is 42.2 Å². The van der Waals surface area contributed by atoms with Crippen molar-refractivity contribution in [2.24, 2.45) is 5.10 Å². The second kappa shape index (κ2) is 7.07. The van der Waals surface area contributed by atoms with Crippen molar-refractivity contribution >= 4 is 29.2 Å². The van der Waals surface area contributed by atoms with Crippen LogP contribution in [-0.4, -0.2) is 22.6 Å². The van der Waals surface area contributed by atoms with Gasteiger partial charge in [-0.05, 0) is 37.3 Å². The molecule has 1 amide bonds. The number of halogens is 1. The van der Waals surface area contributed by atoms with E-state index in [2.05, 4.69) is 5.10 Å². The Labute approximate surface area is 150 Å². The summed E-state index contributed by atoms with van der Waals surface area (Å²) in [6, 6.07) is 13.4. The van der Waals surface area contributed by atoms with Crippen LogP contribution in [0.5, 0.6) is 5.75 Å². The van der Waals surface area contributed by atoms with E-state index in [1.165, 1.54) is 11.9 Å². The van der Waals surface area contributed by atoms with Gasteiger partial charge < -0.3 is 4.74 Å². The Balaban J connectivity index is 1.88. The first-order valence-corrected chi connectivity index (χ1v) is 8.24. The quantitative estimate of drug-likeness (QED) is 0.610. The second-order valence-electron chi connectivity index (χ2n) is 5.85. The summed E-state index contributed by atoms with van der Waals surface area (Å²) in [6.45, 7) is 3.34. The molecule has 1 aliphatic rings. The van der Waals surface area contributed by atoms with Gasteiger partial charge in [-0.15, -0.1) is 0 Å². The number of ether oxygens (including phenoxy) is 1. The maximum Gasteiger partial charge on any atom is 0.343 e. The van der Waals surface area contributed by atoms with Crippen LogP contribution in [0.15, 0.2) is 53.6 Å². The Morgan fingerprint density at radius 3 is 2.52 bits per heavy atom. The van der Waals surface area contributed by atoms with Gasteiger partial charge in [0, 0.05) is 29.6 Å². The van der Waals surface area contributed by atoms with Crippen LogP contribution in [0, 0.1) is 0 Å². The monoisotopic (exact) mass is 356 g/mol. The second-order valence-corrected chi connectivity index (χ2v) is 6.29. The van der Waals surface area contributed by atoms with Gasteiger partial charge in [0.1, 0.15) is 5.75 Å². The number of rotatable bonds is 3. The van der Waals surface area contributed by atoms with Crippen LogP contribution >= 0.6 is 11.6 Å². The van der Waals surface area contributed by atoms with Crippen molar-refractivity contribution in [1.82, 2.24) is 5.01 Å². The summed E-state index contributed by atoms with van der Waals surface area (Å²) in [7, 11) is 0. The molecule has 0 fully saturated rings. The van der Waals surface area contributed by atoms with E-state index >= 15 is 0 Å². The van der Waals surface area contributed by atoms with Crippen molar-refractivity contribution in [2.45, 2.75) is 26.3 Å². The number of benzene rings is 2. The maximum atomic E-state index is 12.4. The van der Waals surface area contributed by atoms with Crippen LogP contribution in [0.25, 0.3) is 0 Å². The average molecular weight is 357 g/mol. The summed E-state index contributed by atoms with van der Waals surface area (Å²) in [5, 5.41) is 6.26. The molecule has 0 saturated carbocycles. The Kier molecular flexibility index (Phi) is 4.86. The number of nitrogens with zero attached hydrogens (tertiary/aromatic N) is 2. The van der Waals surface area contributed by atoms with Gasteiger partial charge in [0.05, 0.1) is 11.6 Å². The van der Waals surface area contributed by atoms with Gasteiger partial charge in [-0.3, -0.25) is 4.79 Å². The number of para-hydroxylation sites is 1. The SMILES string of the molecule is CC(=O)N1N=C(C)CC1c1ccccc1OC(=O)c1ccc(Cl)cc1. The lowest BCUT2D eigenvalue weighted by atomic mass is 10.0. The third-order valence-electron chi connectivity index (χ3n) is 3.95. The molecule has 0 aliphatic carbocycles. The lowest BCUT2D eigenvalue weighted by Gasteiger charge is -2.22. The van der Waals surface area contributed by atoms with Gasteiger partial charge in [0.2, 0.25) is 5.91 Å². The molecule has 6 heteroatoms. The molecule has 128 valence electrons. The van der Waals surface area contributed by atoms with Gasteiger partial charge in [-0.1, -0.05) is 29.8 Å². The molecule has 25 heavy (non-hydrogen) atoms. The highest BCUT2D eigenvalue weighted by Crippen LogP contribution is 2.36. The molecule has 2 aromatic rings. The molecular weight excluding hydrogens is 340 g/mol. The van der Waals surface area contributed by atoms with E-state index in [-0.39, 0.29) is 11.9 Å². The van der Waals surface area contributed by atoms with Crippen LogP contribution < -0.4 is 4.74 Å². The maximum absolute atomic E-state index is 12.4. The van der Waals surface area contributed by atoms with E-state index in [1.54, 1.807) is 36.4 Å². The summed E-state index contributed by atoms with van der Waals surface area (Å²) in [4.78, 5) is 24.3. The lowest BCUT2D eigenvalue weighted by Crippen LogP contribution is -2.25. The highest BCUT2D eigenvalue weighted by Gasteiger charge is 2.31. The number of carbonyl (C=O) groups is 2. The van der Waals surface area contributed by atoms with E-state index in [0.29, 0.717) is 22.8 Å². The predicted octanol–water partition coefficient (Wildman–Crippen LogP) is 4.23. The number of esters is 1. The summed E-state index contributed by atoms with van der Waals surface area (Å²) < 4.78 is 5.58. The summed E-state index contributed by atoms with van der Waals surface area (Å²) >= 11 is 5.84. The van der Waals surface area contributed by atoms with E-state index in [1.807, 2.05) is 19.1 Å². The highest BCUT2D eigenvalue weighted by atomic mass is 35.5. The molecule has 0 N–H and O–H groups in total. The van der Waals surface area contributed by atoms with Gasteiger partial charge >= 0.3 is 5.97 Å². The topological polar surface area (TPSA) is 59.0 Å². The third-order valence-corrected chi connectivity index (χ3v) is 4.20. The molecule has 2 aromatic carbocycles. The van der Waals surface area contributed by atoms with Crippen molar-refractivity contribution in [3.63, 3.8) is 0 Å². The Morgan fingerprint density at radius 1 is 1.16 bits per heavy atom. The van der Waals surface area contributed by atoms with Crippen LogP contribution in [-0.2, 0) is 4.79 Å². The van der Waals surface area contributed by atoms with Crippen molar-refractivity contribution in [3.05, 3.63) is 64.7 Å². The van der Waals surface area contributed by atoms with Crippen molar-refractivity contribution < 1.29 is 14.3 Å². The first-order chi connectivity index (χ1) is 12.0. The summed E-state index contributed by atoms with van der Waals surface area (Å²) in [5.41, 5.74) is 2.01. The first-order valence-electron chi connectivity index (χ1n) is 7.86. The van der Waals surface area contributed by atoms with Crippen molar-refractivity contribution in [1.29, 1.82) is 0 Å². The fourth-order valence-electron chi connectivity index (χ4n) is 2.79. The molecule has 0 radical (unpaired) electrons. The van der Waals surface area contributed by atoms with Crippen LogP contribution in [0.4, 0.5) is 0 Å². The molecule has 0 saturated heterocycles. The zero-order valence-electron chi connectivity index (χ0n) is 13.9. The molecule has 1 unspecified atom stereocenters. The molecule has 0 spiro atoms. The number of hydrazone groups is 1. The number of hydrogen-bond donors (Lipinski definition) is 0. The third kappa shape index (κ3) is 3.72. The molecule has 1 heterocycles. The fourth-order valence-corrected chi connectivity index (χ4v) is 2.91. The molecule has 0 bridgehead atoms. The van der Waals surface area contributed by atoms with Gasteiger partial charge in [0.15, 0.2) is 0 Å². The normalized spacial score (nSPS) is 16.5. The number of amides is 1. The summed E-state index contributed by atoms with van der Waals surface area (Å²) in [6.07, 6.45) is 0.606. The molecule has 5 nitrogen and oxygen atoms in total. The average Bonchev–Trinajstić information content (AvgIpc) is 2.98. The largest absolute Gasteiger partial charge is 0.423 e. The van der Waals surface area contributed by atoms with Gasteiger partial charge in [0.25, 0.3) is 0 Å². The fraction of sp³-hybridized carbons (Fsp3) is 0.211. The minimum Gasteiger partial charge on any atom is -0.423 e. The van der Waals surface area contributed by atoms with E-state index < -0.39 is 5.97 Å². The number of carbonyl (C=O) groups excluding carboxylic acids is 2. The number of hydrogen-bond acceptors (Lipinski definition) is 4. The highest BCUT2D eigenvalue weighted by molar-refractivity contribution is 6.30. The lowest BCUT2D eigenvalue weighted by molar-refractivity contribution is -0.130. The predicted molar refractivity (Wildman–Crippen MR) is 95.8 cm³/mol. The first kappa shape index (κ1) is 17.2. The standard InChI is InChI=1S/C19H17ClN2O3/c1-12-11-17(22(21-12)13(2)23)16-5-3-4-6-18(16)25-19(24)14-7-9-15(20)10-8-14/h3-10,17H,11H2,1-2H3. The zero-order valence-corrected chi connectivity index (χ0v) is 14.7. The zero-order chi connectivity index (χ0) is 18.0. The smallest absolute Gasteiger partial charge is 0.343 e.